The number of hydrogen-bond acceptors (Lipinski definition) is 3. The van der Waals surface area contributed by atoms with Gasteiger partial charge >= 0.3 is 0 Å². The predicted molar refractivity (Wildman–Crippen MR) is 76.0 cm³/mol. The monoisotopic (exact) mass is 266 g/mol. The van der Waals surface area contributed by atoms with E-state index in [1.54, 1.807) is 19.2 Å². The van der Waals surface area contributed by atoms with Crippen LogP contribution in [0.1, 0.15) is 24.8 Å². The summed E-state index contributed by atoms with van der Waals surface area (Å²) >= 11 is 0. The minimum atomic E-state index is -0.125. The second kappa shape index (κ2) is 6.87. The average Bonchev–Trinajstić information content (AvgIpc) is 2.32. The molecule has 0 radical (unpaired) electrons. The summed E-state index contributed by atoms with van der Waals surface area (Å²) in [6.07, 6.45) is 3.59. The van der Waals surface area contributed by atoms with E-state index in [2.05, 4.69) is 10.2 Å². The smallest absolute Gasteiger partial charge is 0.146 e. The standard InChI is InChI=1S/C15H23FN2O/c1-18(13-6-4-7-13)15-12(5-3-8-14(15)16)11-17-9-10-19-2/h3,5,8,13,17H,4,6-7,9-11H2,1-2H3. The van der Waals surface area contributed by atoms with Crippen LogP contribution in [0.3, 0.4) is 0 Å². The molecule has 0 aromatic heterocycles. The molecule has 0 bridgehead atoms. The van der Waals surface area contributed by atoms with Crippen LogP contribution in [0, 0.1) is 5.82 Å². The summed E-state index contributed by atoms with van der Waals surface area (Å²) in [5.41, 5.74) is 1.77. The van der Waals surface area contributed by atoms with E-state index in [1.807, 2.05) is 13.1 Å². The van der Waals surface area contributed by atoms with E-state index < -0.39 is 0 Å². The second-order valence-corrected chi connectivity index (χ2v) is 5.11. The van der Waals surface area contributed by atoms with Crippen LogP contribution in [0.15, 0.2) is 18.2 Å². The molecule has 3 nitrogen and oxygen atoms in total. The van der Waals surface area contributed by atoms with Gasteiger partial charge in [-0.2, -0.15) is 0 Å². The highest BCUT2D eigenvalue weighted by Crippen LogP contribution is 2.32. The maximum Gasteiger partial charge on any atom is 0.146 e. The lowest BCUT2D eigenvalue weighted by Gasteiger charge is -2.37. The molecular weight excluding hydrogens is 243 g/mol. The van der Waals surface area contributed by atoms with E-state index in [0.29, 0.717) is 19.2 Å². The largest absolute Gasteiger partial charge is 0.383 e. The summed E-state index contributed by atoms with van der Waals surface area (Å²) in [4.78, 5) is 2.10. The molecule has 19 heavy (non-hydrogen) atoms. The Morgan fingerprint density at radius 3 is 2.84 bits per heavy atom. The molecule has 0 amide bonds. The highest BCUT2D eigenvalue weighted by Gasteiger charge is 2.25. The Morgan fingerprint density at radius 2 is 2.21 bits per heavy atom. The molecule has 2 rings (SSSR count). The maximum atomic E-state index is 14.1. The second-order valence-electron chi connectivity index (χ2n) is 5.11. The number of methoxy groups -OCH3 is 1. The summed E-state index contributed by atoms with van der Waals surface area (Å²) in [5, 5.41) is 3.28. The number of para-hydroxylation sites is 1. The van der Waals surface area contributed by atoms with E-state index in [0.717, 1.165) is 17.8 Å². The van der Waals surface area contributed by atoms with Gasteiger partial charge in [-0.25, -0.2) is 4.39 Å². The summed E-state index contributed by atoms with van der Waals surface area (Å²) in [6.45, 7) is 2.12. The Morgan fingerprint density at radius 1 is 1.42 bits per heavy atom. The van der Waals surface area contributed by atoms with Gasteiger partial charge in [0.2, 0.25) is 0 Å². The normalized spacial score (nSPS) is 15.3. The van der Waals surface area contributed by atoms with Crippen molar-refractivity contribution < 1.29 is 9.13 Å². The van der Waals surface area contributed by atoms with Gasteiger partial charge in [-0.3, -0.25) is 0 Å². The summed E-state index contributed by atoms with van der Waals surface area (Å²) in [5.74, 6) is -0.125. The molecule has 1 aliphatic rings. The Balaban J connectivity index is 2.06. The molecule has 0 saturated heterocycles. The molecule has 1 saturated carbocycles. The van der Waals surface area contributed by atoms with E-state index in [1.165, 1.54) is 19.3 Å². The Kier molecular flexibility index (Phi) is 5.16. The van der Waals surface area contributed by atoms with Gasteiger partial charge in [0.1, 0.15) is 5.82 Å². The van der Waals surface area contributed by atoms with Gasteiger partial charge in [0, 0.05) is 33.3 Å². The molecule has 106 valence electrons. The molecule has 0 unspecified atom stereocenters. The topological polar surface area (TPSA) is 24.5 Å². The quantitative estimate of drug-likeness (QED) is 0.768. The summed E-state index contributed by atoms with van der Waals surface area (Å²) in [6, 6.07) is 5.81. The third-order valence-corrected chi connectivity index (χ3v) is 3.84. The molecule has 1 aromatic rings. The molecule has 0 heterocycles. The van der Waals surface area contributed by atoms with Crippen molar-refractivity contribution in [2.24, 2.45) is 0 Å². The van der Waals surface area contributed by atoms with Crippen molar-refractivity contribution in [2.45, 2.75) is 31.8 Å². The molecule has 0 aliphatic heterocycles. The van der Waals surface area contributed by atoms with Crippen molar-refractivity contribution in [3.8, 4) is 0 Å². The number of ether oxygens (including phenoxy) is 1. The highest BCUT2D eigenvalue weighted by molar-refractivity contribution is 5.55. The first-order chi connectivity index (χ1) is 9.24. The molecule has 1 aromatic carbocycles. The number of anilines is 1. The Hall–Kier alpha value is -1.13. The predicted octanol–water partition coefficient (Wildman–Crippen LogP) is 2.55. The minimum Gasteiger partial charge on any atom is -0.383 e. The number of hydrogen-bond donors (Lipinski definition) is 1. The molecule has 1 fully saturated rings. The van der Waals surface area contributed by atoms with Gasteiger partial charge in [-0.15, -0.1) is 0 Å². The van der Waals surface area contributed by atoms with Crippen LogP contribution in [-0.4, -0.2) is 33.4 Å². The first-order valence-corrected chi connectivity index (χ1v) is 6.94. The van der Waals surface area contributed by atoms with Crippen LogP contribution in [-0.2, 0) is 11.3 Å². The highest BCUT2D eigenvalue weighted by atomic mass is 19.1. The maximum absolute atomic E-state index is 14.1. The van der Waals surface area contributed by atoms with Crippen molar-refractivity contribution in [1.29, 1.82) is 0 Å². The van der Waals surface area contributed by atoms with Gasteiger partial charge in [-0.1, -0.05) is 12.1 Å². The first kappa shape index (κ1) is 14.3. The zero-order valence-corrected chi connectivity index (χ0v) is 11.8. The number of nitrogens with one attached hydrogen (secondary N) is 1. The van der Waals surface area contributed by atoms with Crippen LogP contribution < -0.4 is 10.2 Å². The van der Waals surface area contributed by atoms with Crippen LogP contribution >= 0.6 is 0 Å². The van der Waals surface area contributed by atoms with Gasteiger partial charge in [0.05, 0.1) is 12.3 Å². The van der Waals surface area contributed by atoms with E-state index >= 15 is 0 Å². The third-order valence-electron chi connectivity index (χ3n) is 3.84. The molecule has 0 spiro atoms. The molecule has 1 aliphatic carbocycles. The summed E-state index contributed by atoms with van der Waals surface area (Å²) in [7, 11) is 3.68. The van der Waals surface area contributed by atoms with E-state index in [-0.39, 0.29) is 5.82 Å². The molecule has 4 heteroatoms. The van der Waals surface area contributed by atoms with Crippen LogP contribution in [0.25, 0.3) is 0 Å². The number of halogens is 1. The molecular formula is C15H23FN2O. The van der Waals surface area contributed by atoms with E-state index in [9.17, 15) is 4.39 Å². The van der Waals surface area contributed by atoms with Crippen molar-refractivity contribution in [2.75, 3.05) is 32.2 Å². The van der Waals surface area contributed by atoms with Gasteiger partial charge in [0.15, 0.2) is 0 Å². The van der Waals surface area contributed by atoms with Crippen molar-refractivity contribution in [3.63, 3.8) is 0 Å². The summed E-state index contributed by atoms with van der Waals surface area (Å²) < 4.78 is 19.1. The lowest BCUT2D eigenvalue weighted by molar-refractivity contribution is 0.199. The van der Waals surface area contributed by atoms with Crippen molar-refractivity contribution in [1.82, 2.24) is 5.32 Å². The lowest BCUT2D eigenvalue weighted by atomic mass is 9.91. The SMILES string of the molecule is COCCNCc1cccc(F)c1N(C)C1CCC1. The van der Waals surface area contributed by atoms with Crippen molar-refractivity contribution in [3.05, 3.63) is 29.6 Å². The van der Waals surface area contributed by atoms with Crippen molar-refractivity contribution >= 4 is 5.69 Å². The van der Waals surface area contributed by atoms with E-state index in [4.69, 9.17) is 4.74 Å². The number of rotatable bonds is 7. The fraction of sp³-hybridized carbons (Fsp3) is 0.600. The zero-order valence-electron chi connectivity index (χ0n) is 11.8. The Labute approximate surface area is 114 Å². The third kappa shape index (κ3) is 3.45. The average molecular weight is 266 g/mol. The van der Waals surface area contributed by atoms with Gasteiger partial charge < -0.3 is 15.0 Å². The zero-order chi connectivity index (χ0) is 13.7. The Bertz CT molecular complexity index is 407. The number of nitrogens with zero attached hydrogens (tertiary/aromatic N) is 1. The fourth-order valence-corrected chi connectivity index (χ4v) is 2.45. The molecule has 0 atom stereocenters. The minimum absolute atomic E-state index is 0.125. The number of benzene rings is 1. The van der Waals surface area contributed by atoms with Crippen LogP contribution in [0.4, 0.5) is 10.1 Å². The van der Waals surface area contributed by atoms with Gasteiger partial charge in [-0.05, 0) is 30.9 Å². The lowest BCUT2D eigenvalue weighted by Crippen LogP contribution is -2.38. The molecule has 1 N–H and O–H groups in total. The fourth-order valence-electron chi connectivity index (χ4n) is 2.45. The van der Waals surface area contributed by atoms with Gasteiger partial charge in [0.25, 0.3) is 0 Å². The van der Waals surface area contributed by atoms with Crippen LogP contribution in [0.5, 0.6) is 0 Å². The first-order valence-electron chi connectivity index (χ1n) is 6.94. The van der Waals surface area contributed by atoms with Crippen LogP contribution in [0.2, 0.25) is 0 Å².